The first-order chi connectivity index (χ1) is 14.5. The minimum absolute atomic E-state index is 0.0647. The van der Waals surface area contributed by atoms with E-state index in [2.05, 4.69) is 4.99 Å². The summed E-state index contributed by atoms with van der Waals surface area (Å²) in [7, 11) is 1.30. The summed E-state index contributed by atoms with van der Waals surface area (Å²) in [5.41, 5.74) is 1.52. The zero-order valence-electron chi connectivity index (χ0n) is 16.0. The monoisotopic (exact) mass is 423 g/mol. The van der Waals surface area contributed by atoms with Gasteiger partial charge in [0.1, 0.15) is 6.54 Å². The number of rotatable bonds is 4. The van der Waals surface area contributed by atoms with E-state index in [1.54, 1.807) is 16.7 Å². The number of nitrogens with zero attached hydrogens (tertiary/aromatic N) is 3. The zero-order chi connectivity index (χ0) is 21.3. The molecule has 1 saturated heterocycles. The smallest absolute Gasteiger partial charge is 0.325 e. The van der Waals surface area contributed by atoms with E-state index in [-0.39, 0.29) is 31.2 Å². The number of ether oxygens (including phenoxy) is 1. The molecule has 2 aromatic carbocycles. The highest BCUT2D eigenvalue weighted by molar-refractivity contribution is 7.16. The van der Waals surface area contributed by atoms with Crippen LogP contribution in [0.25, 0.3) is 10.2 Å². The molecule has 0 bridgehead atoms. The van der Waals surface area contributed by atoms with Crippen molar-refractivity contribution in [2.24, 2.45) is 4.99 Å². The fraction of sp³-hybridized carbons (Fsp3) is 0.190. The van der Waals surface area contributed by atoms with Crippen molar-refractivity contribution in [1.82, 2.24) is 4.57 Å². The van der Waals surface area contributed by atoms with Gasteiger partial charge in [-0.25, -0.2) is 0 Å². The maximum Gasteiger partial charge on any atom is 0.325 e. The van der Waals surface area contributed by atoms with Gasteiger partial charge in [0, 0.05) is 18.4 Å². The quantitative estimate of drug-likeness (QED) is 0.474. The molecule has 4 rings (SSSR count). The number of carbonyl (C=O) groups excluding carboxylic acids is 4. The highest BCUT2D eigenvalue weighted by atomic mass is 32.1. The number of fused-ring (bicyclic) bond motifs is 1. The molecule has 1 aromatic heterocycles. The number of hydrogen-bond donors (Lipinski definition) is 0. The van der Waals surface area contributed by atoms with Gasteiger partial charge in [0.25, 0.3) is 5.91 Å². The van der Waals surface area contributed by atoms with Crippen molar-refractivity contribution in [2.45, 2.75) is 19.4 Å². The number of methoxy groups -OCH3 is 1. The summed E-state index contributed by atoms with van der Waals surface area (Å²) in [5, 5.41) is 0. The Kier molecular flexibility index (Phi) is 5.28. The molecule has 1 aliphatic rings. The summed E-state index contributed by atoms with van der Waals surface area (Å²) < 4.78 is 7.28. The second kappa shape index (κ2) is 8.03. The lowest BCUT2D eigenvalue weighted by Crippen LogP contribution is -2.28. The van der Waals surface area contributed by atoms with Crippen molar-refractivity contribution in [3.05, 3.63) is 58.9 Å². The number of carbonyl (C=O) groups is 4. The first-order valence-corrected chi connectivity index (χ1v) is 9.99. The Hall–Kier alpha value is -3.59. The van der Waals surface area contributed by atoms with Gasteiger partial charge >= 0.3 is 5.97 Å². The van der Waals surface area contributed by atoms with Gasteiger partial charge in [-0.2, -0.15) is 4.99 Å². The minimum Gasteiger partial charge on any atom is -0.468 e. The van der Waals surface area contributed by atoms with Crippen molar-refractivity contribution in [3.8, 4) is 0 Å². The fourth-order valence-electron chi connectivity index (χ4n) is 3.22. The maximum absolute atomic E-state index is 12.7. The fourth-order valence-corrected chi connectivity index (χ4v) is 4.25. The molecule has 9 heteroatoms. The van der Waals surface area contributed by atoms with Gasteiger partial charge in [0.05, 0.1) is 23.0 Å². The number of hydrogen-bond acceptors (Lipinski definition) is 6. The Morgan fingerprint density at radius 1 is 1.03 bits per heavy atom. The van der Waals surface area contributed by atoms with Crippen LogP contribution in [0.4, 0.5) is 5.69 Å². The summed E-state index contributed by atoms with van der Waals surface area (Å²) in [4.78, 5) is 54.0. The van der Waals surface area contributed by atoms with Crippen molar-refractivity contribution in [2.75, 3.05) is 12.0 Å². The maximum atomic E-state index is 12.7. The van der Waals surface area contributed by atoms with Gasteiger partial charge in [-0.15, -0.1) is 0 Å². The molecule has 0 unspecified atom stereocenters. The largest absolute Gasteiger partial charge is 0.468 e. The lowest BCUT2D eigenvalue weighted by molar-refractivity contribution is -0.141. The molecule has 2 heterocycles. The molecule has 3 aromatic rings. The van der Waals surface area contributed by atoms with Crippen molar-refractivity contribution in [1.29, 1.82) is 0 Å². The molecule has 30 heavy (non-hydrogen) atoms. The third-order valence-electron chi connectivity index (χ3n) is 4.72. The Bertz CT molecular complexity index is 1220. The summed E-state index contributed by atoms with van der Waals surface area (Å²) in [5.74, 6) is -1.45. The number of amides is 3. The number of para-hydroxylation sites is 1. The second-order valence-electron chi connectivity index (χ2n) is 6.60. The van der Waals surface area contributed by atoms with E-state index < -0.39 is 11.9 Å². The molecule has 0 atom stereocenters. The number of esters is 1. The average Bonchev–Trinajstić information content (AvgIpc) is 3.27. The highest BCUT2D eigenvalue weighted by Gasteiger charge is 2.30. The Balaban J connectivity index is 1.68. The highest BCUT2D eigenvalue weighted by Crippen LogP contribution is 2.23. The number of imide groups is 1. The van der Waals surface area contributed by atoms with Gasteiger partial charge in [-0.05, 0) is 36.4 Å². The number of aromatic nitrogens is 1. The van der Waals surface area contributed by atoms with Gasteiger partial charge < -0.3 is 9.30 Å². The molecule has 1 aliphatic heterocycles. The summed E-state index contributed by atoms with van der Waals surface area (Å²) in [6.07, 6.45) is 0.391. The minimum atomic E-state index is -0.495. The van der Waals surface area contributed by atoms with Crippen LogP contribution in [0.1, 0.15) is 23.2 Å². The zero-order valence-corrected chi connectivity index (χ0v) is 16.8. The second-order valence-corrected chi connectivity index (χ2v) is 7.61. The standard InChI is InChI=1S/C21H17N3O5S/c1-29-19(27)12-23-15-4-2-3-5-16(15)30-21(23)22-20(28)13-6-8-14(9-7-13)24-17(25)10-11-18(24)26/h2-9H,10-12H2,1H3. The molecule has 8 nitrogen and oxygen atoms in total. The predicted molar refractivity (Wildman–Crippen MR) is 110 cm³/mol. The Morgan fingerprint density at radius 3 is 2.37 bits per heavy atom. The Morgan fingerprint density at radius 2 is 1.70 bits per heavy atom. The van der Waals surface area contributed by atoms with E-state index in [0.29, 0.717) is 16.1 Å². The van der Waals surface area contributed by atoms with E-state index in [1.807, 2.05) is 24.3 Å². The molecule has 0 saturated carbocycles. The van der Waals surface area contributed by atoms with Gasteiger partial charge in [-0.3, -0.25) is 24.1 Å². The first kappa shape index (κ1) is 19.7. The molecule has 0 N–H and O–H groups in total. The van der Waals surface area contributed by atoms with E-state index >= 15 is 0 Å². The lowest BCUT2D eigenvalue weighted by Gasteiger charge is -2.13. The van der Waals surface area contributed by atoms with Crippen molar-refractivity contribution >= 4 is 50.9 Å². The van der Waals surface area contributed by atoms with Crippen LogP contribution in [0.3, 0.4) is 0 Å². The molecule has 0 spiro atoms. The average molecular weight is 423 g/mol. The van der Waals surface area contributed by atoms with E-state index in [0.717, 1.165) is 15.1 Å². The third-order valence-corrected chi connectivity index (χ3v) is 5.78. The summed E-state index contributed by atoms with van der Waals surface area (Å²) >= 11 is 1.29. The number of thiazole rings is 1. The molecule has 0 aliphatic carbocycles. The third kappa shape index (κ3) is 3.67. The predicted octanol–water partition coefficient (Wildman–Crippen LogP) is 2.27. The summed E-state index contributed by atoms with van der Waals surface area (Å²) in [6, 6.07) is 13.6. The Labute approximate surface area is 175 Å². The van der Waals surface area contributed by atoms with E-state index in [4.69, 9.17) is 4.74 Å². The molecule has 152 valence electrons. The number of anilines is 1. The molecule has 3 amide bonds. The van der Waals surface area contributed by atoms with Crippen LogP contribution >= 0.6 is 11.3 Å². The van der Waals surface area contributed by atoms with Crippen LogP contribution < -0.4 is 9.70 Å². The molecule has 0 radical (unpaired) electrons. The topological polar surface area (TPSA) is 98.0 Å². The van der Waals surface area contributed by atoms with E-state index in [9.17, 15) is 19.2 Å². The molecular formula is C21H17N3O5S. The SMILES string of the molecule is COC(=O)Cn1c(=NC(=O)c2ccc(N3C(=O)CCC3=O)cc2)sc2ccccc21. The van der Waals surface area contributed by atoms with E-state index in [1.165, 1.54) is 30.6 Å². The molecule has 1 fully saturated rings. The van der Waals surface area contributed by atoms with Gasteiger partial charge in [-0.1, -0.05) is 23.5 Å². The van der Waals surface area contributed by atoms with Crippen molar-refractivity contribution < 1.29 is 23.9 Å². The normalized spacial score (nSPS) is 14.6. The summed E-state index contributed by atoms with van der Waals surface area (Å²) in [6.45, 7) is -0.0647. The first-order valence-electron chi connectivity index (χ1n) is 9.18. The molecular weight excluding hydrogens is 406 g/mol. The number of benzene rings is 2. The van der Waals surface area contributed by atoms with Crippen LogP contribution in [0.2, 0.25) is 0 Å². The lowest BCUT2D eigenvalue weighted by atomic mass is 10.2. The van der Waals surface area contributed by atoms with Crippen LogP contribution in [0, 0.1) is 0 Å². The van der Waals surface area contributed by atoms with Crippen LogP contribution in [0.5, 0.6) is 0 Å². The van der Waals surface area contributed by atoms with Crippen molar-refractivity contribution in [3.63, 3.8) is 0 Å². The van der Waals surface area contributed by atoms with Crippen LogP contribution in [-0.4, -0.2) is 35.4 Å². The van der Waals surface area contributed by atoms with Crippen LogP contribution in [0.15, 0.2) is 53.5 Å². The van der Waals surface area contributed by atoms with Gasteiger partial charge in [0.15, 0.2) is 4.80 Å². The van der Waals surface area contributed by atoms with Gasteiger partial charge in [0.2, 0.25) is 11.8 Å². The van der Waals surface area contributed by atoms with Crippen LogP contribution in [-0.2, 0) is 25.7 Å².